The van der Waals surface area contributed by atoms with Gasteiger partial charge in [-0.3, -0.25) is 4.79 Å². The summed E-state index contributed by atoms with van der Waals surface area (Å²) < 4.78 is 0. The third-order valence-corrected chi connectivity index (χ3v) is 2.24. The van der Waals surface area contributed by atoms with Gasteiger partial charge in [0.25, 0.3) is 0 Å². The van der Waals surface area contributed by atoms with E-state index >= 15 is 0 Å². The molecule has 1 atom stereocenters. The zero-order chi connectivity index (χ0) is 9.68. The number of hydrogen-bond acceptors (Lipinski definition) is 1. The third kappa shape index (κ3) is 2.31. The van der Waals surface area contributed by atoms with E-state index in [9.17, 15) is 4.79 Å². The molecule has 0 aliphatic rings. The predicted octanol–water partition coefficient (Wildman–Crippen LogP) is 2.19. The number of aryl methyl sites for hydroxylation is 1. The Morgan fingerprint density at radius 2 is 2.15 bits per heavy atom. The summed E-state index contributed by atoms with van der Waals surface area (Å²) in [4.78, 5) is 10.3. The fraction of sp³-hybridized carbons (Fsp3) is 0.364. The molecule has 1 aromatic rings. The zero-order valence-corrected chi connectivity index (χ0v) is 8.08. The number of carbonyl (C=O) groups excluding carboxylic acids is 1. The first-order chi connectivity index (χ1) is 6.29. The molecule has 0 saturated heterocycles. The van der Waals surface area contributed by atoms with E-state index in [0.717, 1.165) is 12.8 Å². The maximum Gasteiger partial charge on any atom is 0.207 e. The lowest BCUT2D eigenvalue weighted by Gasteiger charge is -2.16. The molecular weight excluding hydrogens is 162 g/mol. The van der Waals surface area contributed by atoms with Crippen molar-refractivity contribution in [3.8, 4) is 0 Å². The monoisotopic (exact) mass is 177 g/mol. The second-order valence-electron chi connectivity index (χ2n) is 3.10. The minimum atomic E-state index is 0.152. The summed E-state index contributed by atoms with van der Waals surface area (Å²) in [5.74, 6) is 0. The summed E-state index contributed by atoms with van der Waals surface area (Å²) >= 11 is 0. The van der Waals surface area contributed by atoms with Crippen LogP contribution in [0.3, 0.4) is 0 Å². The van der Waals surface area contributed by atoms with Crippen molar-refractivity contribution in [2.24, 2.45) is 0 Å². The molecule has 2 heteroatoms. The van der Waals surface area contributed by atoms with Crippen LogP contribution in [0.2, 0.25) is 0 Å². The first kappa shape index (κ1) is 9.78. The van der Waals surface area contributed by atoms with Crippen LogP contribution in [0, 0.1) is 6.92 Å². The summed E-state index contributed by atoms with van der Waals surface area (Å²) in [5.41, 5.74) is 2.43. The minimum Gasteiger partial charge on any atom is -0.352 e. The third-order valence-electron chi connectivity index (χ3n) is 2.24. The number of carbonyl (C=O) groups is 1. The molecule has 0 unspecified atom stereocenters. The van der Waals surface area contributed by atoms with E-state index in [4.69, 9.17) is 0 Å². The van der Waals surface area contributed by atoms with Gasteiger partial charge in [-0.25, -0.2) is 0 Å². The molecule has 0 aliphatic heterocycles. The van der Waals surface area contributed by atoms with Crippen LogP contribution in [0.1, 0.15) is 30.5 Å². The van der Waals surface area contributed by atoms with E-state index < -0.39 is 0 Å². The van der Waals surface area contributed by atoms with Crippen molar-refractivity contribution in [2.45, 2.75) is 26.3 Å². The van der Waals surface area contributed by atoms with E-state index in [1.165, 1.54) is 11.1 Å². The molecule has 0 aromatic heterocycles. The zero-order valence-electron chi connectivity index (χ0n) is 8.08. The molecule has 0 heterocycles. The average molecular weight is 177 g/mol. The molecule has 0 saturated carbocycles. The van der Waals surface area contributed by atoms with Crippen LogP contribution in [0.4, 0.5) is 0 Å². The Labute approximate surface area is 79.0 Å². The maximum absolute atomic E-state index is 10.3. The Balaban J connectivity index is 2.90. The van der Waals surface area contributed by atoms with Crippen LogP contribution in [0.15, 0.2) is 24.3 Å². The van der Waals surface area contributed by atoms with E-state index in [0.29, 0.717) is 0 Å². The normalized spacial score (nSPS) is 12.2. The van der Waals surface area contributed by atoms with Crippen LogP contribution >= 0.6 is 0 Å². The van der Waals surface area contributed by atoms with Gasteiger partial charge in [-0.2, -0.15) is 0 Å². The molecule has 0 fully saturated rings. The number of amides is 1. The van der Waals surface area contributed by atoms with Gasteiger partial charge in [-0.15, -0.1) is 0 Å². The summed E-state index contributed by atoms with van der Waals surface area (Å²) in [5, 5.41) is 2.81. The van der Waals surface area contributed by atoms with Crippen LogP contribution in [-0.4, -0.2) is 6.41 Å². The smallest absolute Gasteiger partial charge is 0.207 e. The van der Waals surface area contributed by atoms with Crippen LogP contribution in [-0.2, 0) is 4.79 Å². The molecule has 0 aliphatic carbocycles. The predicted molar refractivity (Wildman–Crippen MR) is 53.4 cm³/mol. The lowest BCUT2D eigenvalue weighted by Crippen LogP contribution is -2.19. The van der Waals surface area contributed by atoms with Gasteiger partial charge in [-0.05, 0) is 24.5 Å². The Hall–Kier alpha value is -1.31. The number of hydrogen-bond donors (Lipinski definition) is 1. The van der Waals surface area contributed by atoms with Crippen molar-refractivity contribution >= 4 is 6.41 Å². The number of rotatable bonds is 4. The molecule has 2 nitrogen and oxygen atoms in total. The van der Waals surface area contributed by atoms with Crippen molar-refractivity contribution < 1.29 is 4.79 Å². The molecule has 1 rings (SSSR count). The van der Waals surface area contributed by atoms with E-state index in [1.807, 2.05) is 12.1 Å². The van der Waals surface area contributed by atoms with Gasteiger partial charge in [0.05, 0.1) is 6.04 Å². The summed E-state index contributed by atoms with van der Waals surface area (Å²) in [7, 11) is 0. The fourth-order valence-electron chi connectivity index (χ4n) is 1.49. The largest absolute Gasteiger partial charge is 0.352 e. The van der Waals surface area contributed by atoms with Crippen molar-refractivity contribution in [1.82, 2.24) is 5.32 Å². The lowest BCUT2D eigenvalue weighted by atomic mass is 10.00. The summed E-state index contributed by atoms with van der Waals surface area (Å²) in [6.07, 6.45) is 1.68. The highest BCUT2D eigenvalue weighted by molar-refractivity contribution is 5.48. The van der Waals surface area contributed by atoms with Crippen molar-refractivity contribution in [1.29, 1.82) is 0 Å². The van der Waals surface area contributed by atoms with Crippen LogP contribution in [0.5, 0.6) is 0 Å². The second kappa shape index (κ2) is 4.65. The first-order valence-corrected chi connectivity index (χ1v) is 4.54. The molecule has 0 bridgehead atoms. The van der Waals surface area contributed by atoms with Crippen molar-refractivity contribution in [3.63, 3.8) is 0 Å². The number of nitrogens with one attached hydrogen (secondary N) is 1. The highest BCUT2D eigenvalue weighted by atomic mass is 16.1. The Morgan fingerprint density at radius 1 is 1.46 bits per heavy atom. The highest BCUT2D eigenvalue weighted by Gasteiger charge is 2.08. The van der Waals surface area contributed by atoms with Crippen LogP contribution in [0.25, 0.3) is 0 Å². The van der Waals surface area contributed by atoms with Crippen molar-refractivity contribution in [2.75, 3.05) is 0 Å². The summed E-state index contributed by atoms with van der Waals surface area (Å²) in [6, 6.07) is 8.27. The Kier molecular flexibility index (Phi) is 3.50. The standard InChI is InChI=1S/C11H15NO/c1-3-11(12-8-13)10-7-5-4-6-9(10)2/h4-8,11H,3H2,1-2H3,(H,12,13)/t11-/m1/s1. The van der Waals surface area contributed by atoms with E-state index in [1.54, 1.807) is 0 Å². The topological polar surface area (TPSA) is 29.1 Å². The quantitative estimate of drug-likeness (QED) is 0.702. The molecule has 13 heavy (non-hydrogen) atoms. The Bertz CT molecular complexity index is 283. The minimum absolute atomic E-state index is 0.152. The van der Waals surface area contributed by atoms with Gasteiger partial charge in [-0.1, -0.05) is 31.2 Å². The van der Waals surface area contributed by atoms with Gasteiger partial charge < -0.3 is 5.32 Å². The van der Waals surface area contributed by atoms with E-state index in [-0.39, 0.29) is 6.04 Å². The second-order valence-corrected chi connectivity index (χ2v) is 3.10. The maximum atomic E-state index is 10.3. The van der Waals surface area contributed by atoms with Crippen LogP contribution < -0.4 is 5.32 Å². The van der Waals surface area contributed by atoms with Gasteiger partial charge in [0, 0.05) is 0 Å². The average Bonchev–Trinajstić information content (AvgIpc) is 2.16. The lowest BCUT2D eigenvalue weighted by molar-refractivity contribution is -0.110. The Morgan fingerprint density at radius 3 is 2.69 bits per heavy atom. The van der Waals surface area contributed by atoms with Gasteiger partial charge in [0.15, 0.2) is 0 Å². The molecule has 0 radical (unpaired) electrons. The molecular formula is C11H15NO. The molecule has 1 aromatic carbocycles. The summed E-state index contributed by atoms with van der Waals surface area (Å²) in [6.45, 7) is 4.12. The SMILES string of the molecule is CC[C@@H](NC=O)c1ccccc1C. The molecule has 0 spiro atoms. The van der Waals surface area contributed by atoms with Crippen molar-refractivity contribution in [3.05, 3.63) is 35.4 Å². The first-order valence-electron chi connectivity index (χ1n) is 4.54. The molecule has 70 valence electrons. The van der Waals surface area contributed by atoms with Gasteiger partial charge in [0.1, 0.15) is 0 Å². The fourth-order valence-corrected chi connectivity index (χ4v) is 1.49. The molecule has 1 amide bonds. The number of benzene rings is 1. The molecule has 1 N–H and O–H groups in total. The van der Waals surface area contributed by atoms with Gasteiger partial charge in [0.2, 0.25) is 6.41 Å². The van der Waals surface area contributed by atoms with E-state index in [2.05, 4.69) is 31.3 Å². The highest BCUT2D eigenvalue weighted by Crippen LogP contribution is 2.19. The van der Waals surface area contributed by atoms with Gasteiger partial charge >= 0.3 is 0 Å².